The highest BCUT2D eigenvalue weighted by molar-refractivity contribution is 5.95. The lowest BCUT2D eigenvalue weighted by molar-refractivity contribution is 0.0633. The first kappa shape index (κ1) is 20.9. The van der Waals surface area contributed by atoms with Crippen molar-refractivity contribution in [3.05, 3.63) is 65.2 Å². The average Bonchev–Trinajstić information content (AvgIpc) is 3.37. The monoisotopic (exact) mass is 417 g/mol. The number of amides is 2. The average molecular weight is 418 g/mol. The Morgan fingerprint density at radius 2 is 1.45 bits per heavy atom. The summed E-state index contributed by atoms with van der Waals surface area (Å²) in [5.41, 5.74) is 1.86. The van der Waals surface area contributed by atoms with Crippen LogP contribution in [0.25, 0.3) is 0 Å². The van der Waals surface area contributed by atoms with Gasteiger partial charge in [0.25, 0.3) is 11.8 Å². The van der Waals surface area contributed by atoms with E-state index in [4.69, 9.17) is 10.00 Å². The maximum atomic E-state index is 12.8. The van der Waals surface area contributed by atoms with Gasteiger partial charge in [0.1, 0.15) is 5.75 Å². The van der Waals surface area contributed by atoms with Crippen molar-refractivity contribution in [2.45, 2.75) is 25.7 Å². The molecule has 2 aliphatic rings. The van der Waals surface area contributed by atoms with Gasteiger partial charge in [-0.2, -0.15) is 5.26 Å². The number of rotatable bonds is 5. The smallest absolute Gasteiger partial charge is 0.253 e. The first-order valence-corrected chi connectivity index (χ1v) is 11.0. The molecule has 6 heteroatoms. The Labute approximate surface area is 183 Å². The third kappa shape index (κ3) is 5.05. The second-order valence-electron chi connectivity index (χ2n) is 8.28. The largest absolute Gasteiger partial charge is 0.493 e. The number of hydrogen-bond donors (Lipinski definition) is 0. The van der Waals surface area contributed by atoms with E-state index >= 15 is 0 Å². The fourth-order valence-electron chi connectivity index (χ4n) is 4.27. The van der Waals surface area contributed by atoms with E-state index in [-0.39, 0.29) is 17.7 Å². The van der Waals surface area contributed by atoms with E-state index < -0.39 is 0 Å². The first-order valence-electron chi connectivity index (χ1n) is 11.0. The van der Waals surface area contributed by atoms with Crippen molar-refractivity contribution >= 4 is 11.8 Å². The molecule has 4 rings (SSSR count). The molecule has 31 heavy (non-hydrogen) atoms. The highest BCUT2D eigenvalue weighted by Gasteiger charge is 2.25. The number of benzene rings is 2. The molecule has 0 spiro atoms. The number of likely N-dealkylation sites (tertiary alicyclic amines) is 2. The summed E-state index contributed by atoms with van der Waals surface area (Å²) in [6.07, 6.45) is 4.13. The van der Waals surface area contributed by atoms with Crippen LogP contribution in [-0.4, -0.2) is 54.4 Å². The Balaban J connectivity index is 1.29. The summed E-state index contributed by atoms with van der Waals surface area (Å²) in [4.78, 5) is 29.0. The quantitative estimate of drug-likeness (QED) is 0.743. The van der Waals surface area contributed by atoms with Gasteiger partial charge in [-0.25, -0.2) is 0 Å². The van der Waals surface area contributed by atoms with E-state index in [9.17, 15) is 9.59 Å². The van der Waals surface area contributed by atoms with Crippen LogP contribution in [0.15, 0.2) is 48.5 Å². The Hall–Kier alpha value is -3.33. The molecule has 0 radical (unpaired) electrons. The van der Waals surface area contributed by atoms with E-state index in [1.807, 2.05) is 34.1 Å². The summed E-state index contributed by atoms with van der Waals surface area (Å²) in [5.74, 6) is 1.10. The summed E-state index contributed by atoms with van der Waals surface area (Å²) >= 11 is 0. The van der Waals surface area contributed by atoms with Crippen molar-refractivity contribution in [1.82, 2.24) is 9.80 Å². The standard InChI is InChI=1S/C25H27N3O3/c26-16-19-5-7-21(8-6-19)25(30)28-15-3-4-20(17-28)18-31-23-11-9-22(10-12-23)24(29)27-13-1-2-14-27/h5-12,20H,1-4,13-15,17-18H2/t20-/m1/s1. The second-order valence-corrected chi connectivity index (χ2v) is 8.28. The summed E-state index contributed by atoms with van der Waals surface area (Å²) in [6, 6.07) is 16.2. The van der Waals surface area contributed by atoms with Gasteiger partial charge in [0.15, 0.2) is 0 Å². The summed E-state index contributed by atoms with van der Waals surface area (Å²) in [6.45, 7) is 3.62. The van der Waals surface area contributed by atoms with Crippen LogP contribution in [0.1, 0.15) is 52.0 Å². The third-order valence-corrected chi connectivity index (χ3v) is 6.05. The van der Waals surface area contributed by atoms with Gasteiger partial charge in [-0.1, -0.05) is 0 Å². The SMILES string of the molecule is N#Cc1ccc(C(=O)N2CCC[C@@H](COc3ccc(C(=O)N4CCCC4)cc3)C2)cc1. The van der Waals surface area contributed by atoms with Crippen LogP contribution in [0, 0.1) is 17.2 Å². The van der Waals surface area contributed by atoms with Crippen molar-refractivity contribution < 1.29 is 14.3 Å². The topological polar surface area (TPSA) is 73.6 Å². The van der Waals surface area contributed by atoms with Gasteiger partial charge in [-0.05, 0) is 74.2 Å². The van der Waals surface area contributed by atoms with E-state index in [0.717, 1.165) is 51.1 Å². The molecule has 0 saturated carbocycles. The van der Waals surface area contributed by atoms with Crippen molar-refractivity contribution in [1.29, 1.82) is 5.26 Å². The molecule has 2 saturated heterocycles. The van der Waals surface area contributed by atoms with E-state index in [2.05, 4.69) is 6.07 Å². The summed E-state index contributed by atoms with van der Waals surface area (Å²) in [5, 5.41) is 8.92. The Bertz CT molecular complexity index is 957. The lowest BCUT2D eigenvalue weighted by atomic mass is 9.98. The fraction of sp³-hybridized carbons (Fsp3) is 0.400. The first-order chi connectivity index (χ1) is 15.1. The van der Waals surface area contributed by atoms with Crippen molar-refractivity contribution in [3.8, 4) is 11.8 Å². The zero-order chi connectivity index (χ0) is 21.6. The van der Waals surface area contributed by atoms with Gasteiger partial charge >= 0.3 is 0 Å². The molecule has 2 heterocycles. The Morgan fingerprint density at radius 3 is 2.10 bits per heavy atom. The highest BCUT2D eigenvalue weighted by atomic mass is 16.5. The van der Waals surface area contributed by atoms with Crippen molar-refractivity contribution in [2.24, 2.45) is 5.92 Å². The number of nitrogens with zero attached hydrogens (tertiary/aromatic N) is 3. The van der Waals surface area contributed by atoms with E-state index in [0.29, 0.717) is 29.8 Å². The number of carbonyl (C=O) groups is 2. The Morgan fingerprint density at radius 1 is 0.871 bits per heavy atom. The minimum absolute atomic E-state index is 0.000956. The van der Waals surface area contributed by atoms with Gasteiger partial charge < -0.3 is 14.5 Å². The number of ether oxygens (including phenoxy) is 1. The van der Waals surface area contributed by atoms with Crippen molar-refractivity contribution in [2.75, 3.05) is 32.8 Å². The van der Waals surface area contributed by atoms with Gasteiger partial charge in [-0.3, -0.25) is 9.59 Å². The normalized spacial score (nSPS) is 18.5. The molecule has 6 nitrogen and oxygen atoms in total. The fourth-order valence-corrected chi connectivity index (χ4v) is 4.27. The van der Waals surface area contributed by atoms with Crippen LogP contribution in [0.3, 0.4) is 0 Å². The minimum Gasteiger partial charge on any atom is -0.493 e. The number of hydrogen-bond acceptors (Lipinski definition) is 4. The highest BCUT2D eigenvalue weighted by Crippen LogP contribution is 2.22. The Kier molecular flexibility index (Phi) is 6.51. The van der Waals surface area contributed by atoms with Crippen LogP contribution >= 0.6 is 0 Å². The molecule has 160 valence electrons. The second kappa shape index (κ2) is 9.65. The molecule has 2 aromatic carbocycles. The van der Waals surface area contributed by atoms with E-state index in [1.165, 1.54) is 0 Å². The molecule has 2 fully saturated rings. The molecular weight excluding hydrogens is 390 g/mol. The molecule has 0 aromatic heterocycles. The molecule has 1 atom stereocenters. The number of piperidine rings is 1. The van der Waals surface area contributed by atoms with Crippen molar-refractivity contribution in [3.63, 3.8) is 0 Å². The molecule has 2 amide bonds. The molecule has 0 N–H and O–H groups in total. The zero-order valence-corrected chi connectivity index (χ0v) is 17.6. The maximum absolute atomic E-state index is 12.8. The predicted octanol–water partition coefficient (Wildman–Crippen LogP) is 3.73. The van der Waals surface area contributed by atoms with Crippen LogP contribution in [-0.2, 0) is 0 Å². The van der Waals surface area contributed by atoms with Gasteiger partial charge in [0, 0.05) is 43.2 Å². The molecular formula is C25H27N3O3. The molecule has 2 aromatic rings. The summed E-state index contributed by atoms with van der Waals surface area (Å²) < 4.78 is 5.97. The zero-order valence-electron chi connectivity index (χ0n) is 17.6. The molecule has 0 bridgehead atoms. The molecule has 0 unspecified atom stereocenters. The van der Waals surface area contributed by atoms with Crippen LogP contribution in [0.2, 0.25) is 0 Å². The molecule has 0 aliphatic carbocycles. The lowest BCUT2D eigenvalue weighted by Crippen LogP contribution is -2.41. The molecule has 2 aliphatic heterocycles. The third-order valence-electron chi connectivity index (χ3n) is 6.05. The maximum Gasteiger partial charge on any atom is 0.253 e. The van der Waals surface area contributed by atoms with Gasteiger partial charge in [0.2, 0.25) is 0 Å². The predicted molar refractivity (Wildman–Crippen MR) is 117 cm³/mol. The van der Waals surface area contributed by atoms with E-state index in [1.54, 1.807) is 24.3 Å². The van der Waals surface area contributed by atoms with Gasteiger partial charge in [0.05, 0.1) is 18.2 Å². The number of carbonyl (C=O) groups excluding carboxylic acids is 2. The summed E-state index contributed by atoms with van der Waals surface area (Å²) in [7, 11) is 0. The van der Waals surface area contributed by atoms with Gasteiger partial charge in [-0.15, -0.1) is 0 Å². The number of nitriles is 1. The van der Waals surface area contributed by atoms with Crippen LogP contribution < -0.4 is 4.74 Å². The van der Waals surface area contributed by atoms with Crippen LogP contribution in [0.5, 0.6) is 5.75 Å². The van der Waals surface area contributed by atoms with Crippen LogP contribution in [0.4, 0.5) is 0 Å². The lowest BCUT2D eigenvalue weighted by Gasteiger charge is -2.32. The minimum atomic E-state index is -0.000956.